The molecule has 10 heteroatoms. The SMILES string of the molecule is Cc1ccc(S(=O)(=O)Oc2ccc(C(=O)COC(=O)[C@@H]3CC(=O)N(c4ccc(Br)cc4)C3)cc2)cc1. The van der Waals surface area contributed by atoms with Crippen molar-refractivity contribution in [3.63, 3.8) is 0 Å². The molecular weight excluding hydrogens is 550 g/mol. The zero-order chi connectivity index (χ0) is 25.9. The molecule has 0 saturated carbocycles. The maximum absolute atomic E-state index is 12.5. The normalized spacial score (nSPS) is 15.6. The van der Waals surface area contributed by atoms with Crippen molar-refractivity contribution < 1.29 is 31.7 Å². The predicted molar refractivity (Wildman–Crippen MR) is 135 cm³/mol. The smallest absolute Gasteiger partial charge is 0.339 e. The first-order chi connectivity index (χ1) is 17.1. The Labute approximate surface area is 217 Å². The Bertz CT molecular complexity index is 1390. The van der Waals surface area contributed by atoms with Gasteiger partial charge in [0.25, 0.3) is 0 Å². The number of benzene rings is 3. The van der Waals surface area contributed by atoms with Crippen molar-refractivity contribution in [1.82, 2.24) is 0 Å². The lowest BCUT2D eigenvalue weighted by molar-refractivity contribution is -0.147. The molecule has 0 aliphatic carbocycles. The summed E-state index contributed by atoms with van der Waals surface area (Å²) in [5.41, 5.74) is 1.82. The number of carbonyl (C=O) groups excluding carboxylic acids is 3. The van der Waals surface area contributed by atoms with Crippen LogP contribution in [0.4, 0.5) is 5.69 Å². The second kappa shape index (κ2) is 10.6. The second-order valence-corrected chi connectivity index (χ2v) is 10.7. The molecule has 0 spiro atoms. The molecule has 186 valence electrons. The van der Waals surface area contributed by atoms with E-state index in [0.717, 1.165) is 10.0 Å². The van der Waals surface area contributed by atoms with Crippen LogP contribution in [0.25, 0.3) is 0 Å². The van der Waals surface area contributed by atoms with E-state index < -0.39 is 34.4 Å². The molecule has 1 atom stereocenters. The number of Topliss-reactive ketones (excluding diaryl/α,β-unsaturated/α-hetero) is 1. The largest absolute Gasteiger partial charge is 0.457 e. The van der Waals surface area contributed by atoms with Gasteiger partial charge >= 0.3 is 16.1 Å². The summed E-state index contributed by atoms with van der Waals surface area (Å²) in [4.78, 5) is 38.8. The van der Waals surface area contributed by atoms with Crippen LogP contribution < -0.4 is 9.08 Å². The molecule has 8 nitrogen and oxygen atoms in total. The number of hydrogen-bond donors (Lipinski definition) is 0. The van der Waals surface area contributed by atoms with Gasteiger partial charge in [0.2, 0.25) is 5.91 Å². The lowest BCUT2D eigenvalue weighted by Gasteiger charge is -2.16. The lowest BCUT2D eigenvalue weighted by Crippen LogP contribution is -2.27. The topological polar surface area (TPSA) is 107 Å². The van der Waals surface area contributed by atoms with Crippen molar-refractivity contribution in [3.8, 4) is 5.75 Å². The van der Waals surface area contributed by atoms with E-state index in [2.05, 4.69) is 15.9 Å². The van der Waals surface area contributed by atoms with Crippen LogP contribution in [0.3, 0.4) is 0 Å². The fourth-order valence-corrected chi connectivity index (χ4v) is 4.84. The molecule has 3 aromatic carbocycles. The van der Waals surface area contributed by atoms with E-state index in [0.29, 0.717) is 5.69 Å². The fraction of sp³-hybridized carbons (Fsp3) is 0.192. The molecule has 1 aliphatic rings. The summed E-state index contributed by atoms with van der Waals surface area (Å²) in [6, 6.07) is 18.9. The molecule has 3 aromatic rings. The molecule has 0 N–H and O–H groups in total. The second-order valence-electron chi connectivity index (χ2n) is 8.29. The fourth-order valence-electron chi connectivity index (χ4n) is 3.65. The summed E-state index contributed by atoms with van der Waals surface area (Å²) in [6.07, 6.45) is 0.00454. The van der Waals surface area contributed by atoms with Crippen LogP contribution in [0.15, 0.2) is 82.2 Å². The average molecular weight is 572 g/mol. The number of ether oxygens (including phenoxy) is 1. The third kappa shape index (κ3) is 6.00. The summed E-state index contributed by atoms with van der Waals surface area (Å²) in [7, 11) is -4.01. The van der Waals surface area contributed by atoms with Gasteiger partial charge in [0.05, 0.1) is 5.92 Å². The highest BCUT2D eigenvalue weighted by Crippen LogP contribution is 2.27. The van der Waals surface area contributed by atoms with Crippen molar-refractivity contribution in [2.45, 2.75) is 18.2 Å². The Morgan fingerprint density at radius 2 is 1.61 bits per heavy atom. The number of halogens is 1. The minimum Gasteiger partial charge on any atom is -0.457 e. The van der Waals surface area contributed by atoms with Crippen molar-refractivity contribution in [3.05, 3.63) is 88.4 Å². The molecule has 0 unspecified atom stereocenters. The summed E-state index contributed by atoms with van der Waals surface area (Å²) in [5, 5.41) is 0. The summed E-state index contributed by atoms with van der Waals surface area (Å²) < 4.78 is 36.0. The highest BCUT2D eigenvalue weighted by molar-refractivity contribution is 9.10. The third-order valence-electron chi connectivity index (χ3n) is 5.63. The van der Waals surface area contributed by atoms with Gasteiger partial charge in [-0.1, -0.05) is 33.6 Å². The monoisotopic (exact) mass is 571 g/mol. The number of ketones is 1. The van der Waals surface area contributed by atoms with E-state index in [4.69, 9.17) is 8.92 Å². The Hall–Kier alpha value is -3.50. The van der Waals surface area contributed by atoms with E-state index in [1.165, 1.54) is 41.3 Å². The summed E-state index contributed by atoms with van der Waals surface area (Å²) in [5.74, 6) is -1.91. The number of carbonyl (C=O) groups is 3. The maximum Gasteiger partial charge on any atom is 0.339 e. The number of anilines is 1. The molecule has 4 rings (SSSR count). The minimum atomic E-state index is -4.01. The van der Waals surface area contributed by atoms with Crippen molar-refractivity contribution in [1.29, 1.82) is 0 Å². The molecule has 0 radical (unpaired) electrons. The van der Waals surface area contributed by atoms with E-state index in [-0.39, 0.29) is 35.1 Å². The van der Waals surface area contributed by atoms with Gasteiger partial charge in [-0.05, 0) is 67.6 Å². The van der Waals surface area contributed by atoms with Gasteiger partial charge in [0.1, 0.15) is 10.6 Å². The number of esters is 1. The zero-order valence-electron chi connectivity index (χ0n) is 19.2. The molecule has 1 saturated heterocycles. The van der Waals surface area contributed by atoms with Gasteiger partial charge in [-0.25, -0.2) is 0 Å². The summed E-state index contributed by atoms with van der Waals surface area (Å²) in [6.45, 7) is 1.52. The first kappa shape index (κ1) is 25.6. The third-order valence-corrected chi connectivity index (χ3v) is 7.42. The zero-order valence-corrected chi connectivity index (χ0v) is 21.6. The summed E-state index contributed by atoms with van der Waals surface area (Å²) >= 11 is 3.34. The number of nitrogens with zero attached hydrogens (tertiary/aromatic N) is 1. The van der Waals surface area contributed by atoms with Crippen LogP contribution in [0.1, 0.15) is 22.3 Å². The van der Waals surface area contributed by atoms with Crippen molar-refractivity contribution in [2.75, 3.05) is 18.1 Å². The van der Waals surface area contributed by atoms with Crippen molar-refractivity contribution in [2.24, 2.45) is 5.92 Å². The van der Waals surface area contributed by atoms with E-state index in [1.54, 1.807) is 36.4 Å². The first-order valence-corrected chi connectivity index (χ1v) is 13.2. The highest BCUT2D eigenvalue weighted by atomic mass is 79.9. The van der Waals surface area contributed by atoms with E-state index in [9.17, 15) is 22.8 Å². The molecule has 1 amide bonds. The minimum absolute atomic E-state index is 0.00454. The number of aryl methyl sites for hydroxylation is 1. The molecule has 1 aliphatic heterocycles. The van der Waals surface area contributed by atoms with Gasteiger partial charge in [-0.2, -0.15) is 8.42 Å². The standard InChI is InChI=1S/C26H22BrNO7S/c1-17-2-12-23(13-3-17)36(32,33)35-22-10-4-18(5-11-22)24(29)16-34-26(31)19-14-25(30)28(15-19)21-8-6-20(27)7-9-21/h2-13,19H,14-16H2,1H3/t19-/m1/s1. The quantitative estimate of drug-likeness (QED) is 0.225. The maximum atomic E-state index is 12.5. The molecule has 36 heavy (non-hydrogen) atoms. The van der Waals surface area contributed by atoms with Crippen LogP contribution >= 0.6 is 15.9 Å². The predicted octanol–water partition coefficient (Wildman–Crippen LogP) is 4.30. The molecule has 0 aromatic heterocycles. The van der Waals surface area contributed by atoms with Gasteiger partial charge in [0.15, 0.2) is 12.4 Å². The lowest BCUT2D eigenvalue weighted by atomic mass is 10.1. The Morgan fingerprint density at radius 3 is 2.25 bits per heavy atom. The molecule has 1 heterocycles. The number of amides is 1. The average Bonchev–Trinajstić information content (AvgIpc) is 3.25. The molecule has 1 fully saturated rings. The van der Waals surface area contributed by atoms with Gasteiger partial charge in [-0.3, -0.25) is 14.4 Å². The highest BCUT2D eigenvalue weighted by Gasteiger charge is 2.36. The van der Waals surface area contributed by atoms with Crippen molar-refractivity contribution >= 4 is 49.4 Å². The van der Waals surface area contributed by atoms with Crippen LogP contribution in [-0.4, -0.2) is 39.2 Å². The van der Waals surface area contributed by atoms with E-state index in [1.807, 2.05) is 6.92 Å². The Morgan fingerprint density at radius 1 is 0.972 bits per heavy atom. The van der Waals surface area contributed by atoms with Crippen LogP contribution in [0, 0.1) is 12.8 Å². The van der Waals surface area contributed by atoms with Gasteiger partial charge < -0.3 is 13.8 Å². The van der Waals surface area contributed by atoms with Gasteiger partial charge in [-0.15, -0.1) is 0 Å². The number of hydrogen-bond acceptors (Lipinski definition) is 7. The first-order valence-electron chi connectivity index (χ1n) is 11.0. The van der Waals surface area contributed by atoms with Crippen LogP contribution in [-0.2, 0) is 24.4 Å². The Balaban J connectivity index is 1.31. The Kier molecular flexibility index (Phi) is 7.56. The number of rotatable bonds is 8. The van der Waals surface area contributed by atoms with E-state index >= 15 is 0 Å². The molecule has 0 bridgehead atoms. The van der Waals surface area contributed by atoms with Crippen LogP contribution in [0.2, 0.25) is 0 Å². The van der Waals surface area contributed by atoms with Crippen LogP contribution in [0.5, 0.6) is 5.75 Å². The molecular formula is C26H22BrNO7S. The van der Waals surface area contributed by atoms with Gasteiger partial charge in [0, 0.05) is 28.7 Å².